The Hall–Kier alpha value is -2.90. The zero-order valence-electron chi connectivity index (χ0n) is 16.3. The normalized spacial score (nSPS) is 14.1. The Morgan fingerprint density at radius 3 is 2.94 bits per heavy atom. The number of hydrogen-bond donors (Lipinski definition) is 4. The first kappa shape index (κ1) is 22.8. The molecule has 10 nitrogen and oxygen atoms in total. The number of aryl methyl sites for hydroxylation is 1. The quantitative estimate of drug-likeness (QED) is 0.427. The molecular weight excluding hydrogens is 454 g/mol. The van der Waals surface area contributed by atoms with Crippen LogP contribution in [0.15, 0.2) is 24.2 Å². The summed E-state index contributed by atoms with van der Waals surface area (Å²) in [6.07, 6.45) is 1.73. The number of pyridine rings is 1. The maximum Gasteiger partial charge on any atom is 0.270 e. The van der Waals surface area contributed by atoms with Crippen LogP contribution in [0, 0.1) is 5.82 Å². The summed E-state index contributed by atoms with van der Waals surface area (Å²) in [5, 5.41) is 15.1. The van der Waals surface area contributed by atoms with E-state index < -0.39 is 17.9 Å². The Balaban J connectivity index is 1.44. The van der Waals surface area contributed by atoms with Crippen molar-refractivity contribution in [1.82, 2.24) is 36.5 Å². The summed E-state index contributed by atoms with van der Waals surface area (Å²) >= 11 is 6.74. The van der Waals surface area contributed by atoms with Crippen molar-refractivity contribution in [2.24, 2.45) is 0 Å². The molecule has 1 aliphatic heterocycles. The second-order valence-electron chi connectivity index (χ2n) is 6.45. The Kier molecular flexibility index (Phi) is 7.65. The predicted octanol–water partition coefficient (Wildman–Crippen LogP) is 1.09. The molecule has 0 saturated heterocycles. The van der Waals surface area contributed by atoms with Gasteiger partial charge in [-0.3, -0.25) is 25.0 Å². The minimum atomic E-state index is -1.20. The van der Waals surface area contributed by atoms with Crippen LogP contribution in [0.2, 0.25) is 5.02 Å². The predicted molar refractivity (Wildman–Crippen MR) is 110 cm³/mol. The first-order valence-electron chi connectivity index (χ1n) is 9.12. The van der Waals surface area contributed by atoms with Crippen LogP contribution in [-0.2, 0) is 22.4 Å². The molecule has 0 radical (unpaired) electrons. The third kappa shape index (κ3) is 6.54. The van der Waals surface area contributed by atoms with Gasteiger partial charge in [0.2, 0.25) is 11.0 Å². The van der Waals surface area contributed by atoms with Crippen molar-refractivity contribution in [1.29, 1.82) is 0 Å². The van der Waals surface area contributed by atoms with Crippen LogP contribution >= 0.6 is 22.9 Å². The molecule has 0 saturated carbocycles. The number of hydrazine groups is 2. The van der Waals surface area contributed by atoms with Crippen molar-refractivity contribution >= 4 is 39.9 Å². The van der Waals surface area contributed by atoms with E-state index >= 15 is 0 Å². The lowest BCUT2D eigenvalue weighted by molar-refractivity contribution is -0.117. The van der Waals surface area contributed by atoms with E-state index in [0.29, 0.717) is 11.4 Å². The van der Waals surface area contributed by atoms with E-state index in [1.807, 2.05) is 0 Å². The number of rotatable bonds is 9. The number of nitrogens with zero attached hydrogens (tertiary/aromatic N) is 4. The molecule has 1 atom stereocenters. The summed E-state index contributed by atoms with van der Waals surface area (Å²) in [7, 11) is 1.50. The Labute approximate surface area is 185 Å². The van der Waals surface area contributed by atoms with Crippen LogP contribution in [-0.4, -0.2) is 51.8 Å². The number of carbonyl (C=O) groups excluding carboxylic acids is 2. The molecule has 3 heterocycles. The monoisotopic (exact) mass is 472 g/mol. The minimum Gasteiger partial charge on any atom is -0.354 e. The van der Waals surface area contributed by atoms with Gasteiger partial charge in [0.1, 0.15) is 22.7 Å². The molecule has 0 spiro atoms. The minimum absolute atomic E-state index is 0.0234. The fraction of sp³-hybridized carbons (Fsp3) is 0.353. The number of anilines is 1. The van der Waals surface area contributed by atoms with Gasteiger partial charge >= 0.3 is 0 Å². The topological polar surface area (TPSA) is 124 Å². The standard InChI is InChI=1S/C17H19ClF2N8O2S/c1-21-16(30)13-8-28(27-24-13)7-10(19)2-3-15-25-26-17(31-15)23-14(29)5-12-11(20)4-9(18)6-22-12/h4,6,8,10,24,27H,2-3,5,7H2,1H3,(H,21,30)(H,23,26,29). The molecule has 2 amide bonds. The number of nitrogens with one attached hydrogen (secondary N) is 4. The van der Waals surface area contributed by atoms with Crippen molar-refractivity contribution < 1.29 is 18.4 Å². The van der Waals surface area contributed by atoms with E-state index in [-0.39, 0.29) is 46.8 Å². The summed E-state index contributed by atoms with van der Waals surface area (Å²) in [6, 6.07) is 1.08. The van der Waals surface area contributed by atoms with Crippen LogP contribution in [0.3, 0.4) is 0 Å². The fourth-order valence-electron chi connectivity index (χ4n) is 2.58. The van der Waals surface area contributed by atoms with Crippen LogP contribution in [0.5, 0.6) is 0 Å². The highest BCUT2D eigenvalue weighted by Crippen LogP contribution is 2.19. The van der Waals surface area contributed by atoms with Crippen LogP contribution < -0.4 is 21.6 Å². The molecule has 3 rings (SSSR count). The molecule has 0 aliphatic carbocycles. The summed E-state index contributed by atoms with van der Waals surface area (Å²) in [4.78, 5) is 27.3. The summed E-state index contributed by atoms with van der Waals surface area (Å²) < 4.78 is 28.0. The van der Waals surface area contributed by atoms with Crippen molar-refractivity contribution in [2.75, 3.05) is 18.9 Å². The van der Waals surface area contributed by atoms with Gasteiger partial charge in [0.05, 0.1) is 23.7 Å². The first-order chi connectivity index (χ1) is 14.8. The molecule has 0 aromatic carbocycles. The molecule has 4 N–H and O–H groups in total. The van der Waals surface area contributed by atoms with Gasteiger partial charge < -0.3 is 10.6 Å². The third-order valence-corrected chi connectivity index (χ3v) is 5.19. The number of carbonyl (C=O) groups is 2. The van der Waals surface area contributed by atoms with Gasteiger partial charge in [-0.1, -0.05) is 22.9 Å². The van der Waals surface area contributed by atoms with E-state index in [0.717, 1.165) is 17.4 Å². The number of likely N-dealkylation sites (N-methyl/N-ethyl adjacent to an activating group) is 1. The lowest BCUT2D eigenvalue weighted by atomic mass is 10.2. The highest BCUT2D eigenvalue weighted by molar-refractivity contribution is 7.15. The van der Waals surface area contributed by atoms with Gasteiger partial charge in [0.15, 0.2) is 0 Å². The highest BCUT2D eigenvalue weighted by atomic mass is 35.5. The number of amides is 2. The van der Waals surface area contributed by atoms with Crippen molar-refractivity contribution in [2.45, 2.75) is 25.4 Å². The van der Waals surface area contributed by atoms with Gasteiger partial charge in [0, 0.05) is 25.9 Å². The first-order valence-corrected chi connectivity index (χ1v) is 10.3. The molecule has 31 heavy (non-hydrogen) atoms. The van der Waals surface area contributed by atoms with E-state index in [2.05, 4.69) is 36.8 Å². The van der Waals surface area contributed by atoms with E-state index in [1.165, 1.54) is 24.5 Å². The van der Waals surface area contributed by atoms with Crippen molar-refractivity contribution in [3.8, 4) is 0 Å². The van der Waals surface area contributed by atoms with Gasteiger partial charge in [-0.05, 0) is 12.5 Å². The van der Waals surface area contributed by atoms with Gasteiger partial charge in [0.25, 0.3) is 5.91 Å². The molecular formula is C17H19ClF2N8O2S. The Morgan fingerprint density at radius 1 is 1.39 bits per heavy atom. The molecule has 166 valence electrons. The van der Waals surface area contributed by atoms with Crippen LogP contribution in [0.1, 0.15) is 17.1 Å². The van der Waals surface area contributed by atoms with Gasteiger partial charge in [-0.15, -0.1) is 15.7 Å². The van der Waals surface area contributed by atoms with Crippen LogP contribution in [0.25, 0.3) is 0 Å². The van der Waals surface area contributed by atoms with E-state index in [1.54, 1.807) is 0 Å². The number of hydrogen-bond acceptors (Lipinski definition) is 9. The molecule has 1 unspecified atom stereocenters. The molecule has 14 heteroatoms. The van der Waals surface area contributed by atoms with E-state index in [4.69, 9.17) is 11.6 Å². The molecule has 0 bridgehead atoms. The summed E-state index contributed by atoms with van der Waals surface area (Å²) in [5.74, 6) is -1.50. The highest BCUT2D eigenvalue weighted by Gasteiger charge is 2.20. The smallest absolute Gasteiger partial charge is 0.270 e. The lowest BCUT2D eigenvalue weighted by Gasteiger charge is -2.17. The van der Waals surface area contributed by atoms with Gasteiger partial charge in [-0.2, -0.15) is 0 Å². The zero-order chi connectivity index (χ0) is 22.4. The average molecular weight is 473 g/mol. The Morgan fingerprint density at radius 2 is 2.19 bits per heavy atom. The lowest BCUT2D eigenvalue weighted by Crippen LogP contribution is -2.41. The van der Waals surface area contributed by atoms with E-state index in [9.17, 15) is 18.4 Å². The van der Waals surface area contributed by atoms with Crippen LogP contribution in [0.4, 0.5) is 13.9 Å². The second-order valence-corrected chi connectivity index (χ2v) is 7.95. The number of aromatic nitrogens is 3. The zero-order valence-corrected chi connectivity index (χ0v) is 17.9. The fourth-order valence-corrected chi connectivity index (χ4v) is 3.50. The summed E-state index contributed by atoms with van der Waals surface area (Å²) in [6.45, 7) is 0.0234. The molecule has 2 aromatic rings. The maximum atomic E-state index is 14.3. The average Bonchev–Trinajstić information content (AvgIpc) is 3.37. The second kappa shape index (κ2) is 10.4. The van der Waals surface area contributed by atoms with Gasteiger partial charge in [-0.25, -0.2) is 8.78 Å². The van der Waals surface area contributed by atoms with Crippen molar-refractivity contribution in [3.05, 3.63) is 45.7 Å². The maximum absolute atomic E-state index is 14.3. The molecule has 1 aliphatic rings. The Bertz CT molecular complexity index is 989. The number of alkyl halides is 1. The largest absolute Gasteiger partial charge is 0.354 e. The molecule has 0 fully saturated rings. The van der Waals surface area contributed by atoms with Crippen molar-refractivity contribution in [3.63, 3.8) is 0 Å². The number of halogens is 3. The summed E-state index contributed by atoms with van der Waals surface area (Å²) in [5.41, 5.74) is 5.58. The SMILES string of the molecule is CNC(=O)C1=CN(CC(F)CCc2nnc(NC(=O)Cc3ncc(Cl)cc3F)s2)NN1. The molecule has 2 aromatic heterocycles. The third-order valence-electron chi connectivity index (χ3n) is 4.08.